The van der Waals surface area contributed by atoms with E-state index in [0.717, 1.165) is 5.69 Å². The van der Waals surface area contributed by atoms with E-state index >= 15 is 0 Å². The molecule has 6 nitrogen and oxygen atoms in total. The maximum atomic E-state index is 5.31. The fraction of sp³-hybridized carbons (Fsp3) is 0.273. The van der Waals surface area contributed by atoms with Gasteiger partial charge in [-0.15, -0.1) is 0 Å². The van der Waals surface area contributed by atoms with E-state index in [4.69, 9.17) is 4.74 Å². The number of nitrogens with one attached hydrogen (secondary N) is 1. The number of hydrogen-bond acceptors (Lipinski definition) is 7. The third kappa shape index (κ3) is 2.67. The van der Waals surface area contributed by atoms with Gasteiger partial charge in [-0.3, -0.25) is 0 Å². The van der Waals surface area contributed by atoms with Crippen molar-refractivity contribution in [3.63, 3.8) is 0 Å². The molecule has 0 bridgehead atoms. The van der Waals surface area contributed by atoms with Crippen molar-refractivity contribution in [2.75, 3.05) is 19.5 Å². The highest BCUT2D eigenvalue weighted by Crippen LogP contribution is 2.34. The van der Waals surface area contributed by atoms with Gasteiger partial charge < -0.3 is 10.1 Å². The molecule has 0 saturated carbocycles. The van der Waals surface area contributed by atoms with Gasteiger partial charge in [0.25, 0.3) is 0 Å². The topological polar surface area (TPSA) is 72.8 Å². The number of rotatable bonds is 4. The third-order valence-corrected chi connectivity index (χ3v) is 3.04. The molecule has 0 aliphatic rings. The standard InChI is InChI=1S/C11H13N5OS/c1-7-4-5-13-11(16-7)18-10-8(17-3)9(12-2)14-6-15-10/h4-6H,1-3H3,(H,12,14,15). The average molecular weight is 263 g/mol. The van der Waals surface area contributed by atoms with Crippen molar-refractivity contribution in [2.45, 2.75) is 17.1 Å². The second-order valence-corrected chi connectivity index (χ2v) is 4.35. The molecule has 0 aromatic carbocycles. The zero-order valence-electron chi connectivity index (χ0n) is 10.3. The Kier molecular flexibility index (Phi) is 3.93. The lowest BCUT2D eigenvalue weighted by Crippen LogP contribution is -2.00. The van der Waals surface area contributed by atoms with E-state index in [2.05, 4.69) is 25.3 Å². The van der Waals surface area contributed by atoms with Crippen LogP contribution in [0.4, 0.5) is 5.82 Å². The minimum absolute atomic E-state index is 0.593. The van der Waals surface area contributed by atoms with Crippen LogP contribution in [0.3, 0.4) is 0 Å². The first-order valence-electron chi connectivity index (χ1n) is 5.29. The number of methoxy groups -OCH3 is 1. The van der Waals surface area contributed by atoms with Gasteiger partial charge in [-0.1, -0.05) is 0 Å². The van der Waals surface area contributed by atoms with Crippen LogP contribution in [0.25, 0.3) is 0 Å². The predicted octanol–water partition coefficient (Wildman–Crippen LogP) is 1.78. The summed E-state index contributed by atoms with van der Waals surface area (Å²) in [5.41, 5.74) is 0.911. The monoisotopic (exact) mass is 263 g/mol. The normalized spacial score (nSPS) is 10.2. The molecule has 0 atom stereocenters. The summed E-state index contributed by atoms with van der Waals surface area (Å²) >= 11 is 1.34. The molecule has 7 heteroatoms. The quantitative estimate of drug-likeness (QED) is 0.665. The van der Waals surface area contributed by atoms with E-state index in [0.29, 0.717) is 21.7 Å². The molecule has 0 spiro atoms. The number of anilines is 1. The summed E-state index contributed by atoms with van der Waals surface area (Å²) in [7, 11) is 3.36. The highest BCUT2D eigenvalue weighted by Gasteiger charge is 2.13. The van der Waals surface area contributed by atoms with Crippen LogP contribution in [-0.2, 0) is 0 Å². The van der Waals surface area contributed by atoms with Gasteiger partial charge in [-0.05, 0) is 24.8 Å². The summed E-state index contributed by atoms with van der Waals surface area (Å²) in [6.45, 7) is 1.92. The van der Waals surface area contributed by atoms with Crippen LogP contribution in [0.5, 0.6) is 5.75 Å². The van der Waals surface area contributed by atoms with Gasteiger partial charge in [-0.25, -0.2) is 19.9 Å². The Hall–Kier alpha value is -1.89. The fourth-order valence-corrected chi connectivity index (χ4v) is 2.20. The summed E-state index contributed by atoms with van der Waals surface area (Å²) in [6.07, 6.45) is 3.20. The van der Waals surface area contributed by atoms with Crippen LogP contribution < -0.4 is 10.1 Å². The van der Waals surface area contributed by atoms with Crippen molar-refractivity contribution >= 4 is 17.6 Å². The zero-order valence-corrected chi connectivity index (χ0v) is 11.2. The van der Waals surface area contributed by atoms with E-state index in [1.165, 1.54) is 18.1 Å². The van der Waals surface area contributed by atoms with Crippen LogP contribution >= 0.6 is 11.8 Å². The maximum absolute atomic E-state index is 5.31. The molecule has 2 rings (SSSR count). The minimum atomic E-state index is 0.593. The van der Waals surface area contributed by atoms with E-state index in [1.54, 1.807) is 20.4 Å². The molecule has 2 heterocycles. The second kappa shape index (κ2) is 5.63. The second-order valence-electron chi connectivity index (χ2n) is 3.39. The zero-order chi connectivity index (χ0) is 13.0. The van der Waals surface area contributed by atoms with E-state index in [1.807, 2.05) is 13.0 Å². The van der Waals surface area contributed by atoms with E-state index < -0.39 is 0 Å². The molecular weight excluding hydrogens is 250 g/mol. The molecule has 0 aliphatic carbocycles. The van der Waals surface area contributed by atoms with Crippen molar-refractivity contribution in [2.24, 2.45) is 0 Å². The van der Waals surface area contributed by atoms with Crippen molar-refractivity contribution < 1.29 is 4.74 Å². The molecule has 94 valence electrons. The first kappa shape index (κ1) is 12.6. The number of nitrogens with zero attached hydrogens (tertiary/aromatic N) is 4. The number of aryl methyl sites for hydroxylation is 1. The Balaban J connectivity index is 2.34. The Bertz CT molecular complexity index is 549. The molecule has 2 aromatic rings. The fourth-order valence-electron chi connectivity index (χ4n) is 1.35. The number of hydrogen-bond donors (Lipinski definition) is 1. The minimum Gasteiger partial charge on any atom is -0.490 e. The lowest BCUT2D eigenvalue weighted by molar-refractivity contribution is 0.400. The van der Waals surface area contributed by atoms with Gasteiger partial charge in [0.1, 0.15) is 6.33 Å². The summed E-state index contributed by atoms with van der Waals surface area (Å²) in [5, 5.41) is 4.27. The van der Waals surface area contributed by atoms with Crippen LogP contribution in [-0.4, -0.2) is 34.1 Å². The van der Waals surface area contributed by atoms with Gasteiger partial charge >= 0.3 is 0 Å². The highest BCUT2D eigenvalue weighted by molar-refractivity contribution is 7.99. The Morgan fingerprint density at radius 1 is 1.28 bits per heavy atom. The largest absolute Gasteiger partial charge is 0.490 e. The molecule has 0 unspecified atom stereocenters. The van der Waals surface area contributed by atoms with Crippen LogP contribution in [0.15, 0.2) is 28.8 Å². The number of ether oxygens (including phenoxy) is 1. The predicted molar refractivity (Wildman–Crippen MR) is 69.0 cm³/mol. The van der Waals surface area contributed by atoms with E-state index in [-0.39, 0.29) is 0 Å². The first-order valence-corrected chi connectivity index (χ1v) is 6.10. The lowest BCUT2D eigenvalue weighted by atomic mass is 10.5. The third-order valence-electron chi connectivity index (χ3n) is 2.17. The maximum Gasteiger partial charge on any atom is 0.194 e. The Morgan fingerprint density at radius 2 is 2.11 bits per heavy atom. The molecule has 0 radical (unpaired) electrons. The van der Waals surface area contributed by atoms with Gasteiger partial charge in [0.2, 0.25) is 0 Å². The van der Waals surface area contributed by atoms with Crippen molar-refractivity contribution in [1.29, 1.82) is 0 Å². The summed E-state index contributed by atoms with van der Waals surface area (Å²) < 4.78 is 5.31. The van der Waals surface area contributed by atoms with Gasteiger partial charge in [0, 0.05) is 18.9 Å². The average Bonchev–Trinajstić information content (AvgIpc) is 2.38. The van der Waals surface area contributed by atoms with Crippen LogP contribution in [0.2, 0.25) is 0 Å². The van der Waals surface area contributed by atoms with Crippen LogP contribution in [0.1, 0.15) is 5.69 Å². The lowest BCUT2D eigenvalue weighted by Gasteiger charge is -2.09. The Morgan fingerprint density at radius 3 is 2.78 bits per heavy atom. The van der Waals surface area contributed by atoms with Gasteiger partial charge in [-0.2, -0.15) is 0 Å². The molecular formula is C11H13N5OS. The Labute approximate surface area is 109 Å². The molecule has 18 heavy (non-hydrogen) atoms. The summed E-state index contributed by atoms with van der Waals surface area (Å²) in [6, 6.07) is 1.85. The SMILES string of the molecule is CNc1ncnc(Sc2nccc(C)n2)c1OC. The molecule has 0 fully saturated rings. The van der Waals surface area contributed by atoms with E-state index in [9.17, 15) is 0 Å². The molecule has 1 N–H and O–H groups in total. The number of aromatic nitrogens is 4. The molecule has 0 amide bonds. The molecule has 0 aliphatic heterocycles. The van der Waals surface area contributed by atoms with Gasteiger partial charge in [0.15, 0.2) is 21.7 Å². The van der Waals surface area contributed by atoms with Crippen molar-refractivity contribution in [3.8, 4) is 5.75 Å². The smallest absolute Gasteiger partial charge is 0.194 e. The van der Waals surface area contributed by atoms with Gasteiger partial charge in [0.05, 0.1) is 7.11 Å². The molecule has 0 saturated heterocycles. The first-order chi connectivity index (χ1) is 8.74. The van der Waals surface area contributed by atoms with Crippen molar-refractivity contribution in [3.05, 3.63) is 24.3 Å². The van der Waals surface area contributed by atoms with Crippen molar-refractivity contribution in [1.82, 2.24) is 19.9 Å². The van der Waals surface area contributed by atoms with Crippen LogP contribution in [0, 0.1) is 6.92 Å². The molecule has 2 aromatic heterocycles. The highest BCUT2D eigenvalue weighted by atomic mass is 32.2. The summed E-state index contributed by atoms with van der Waals surface area (Å²) in [5.74, 6) is 1.23. The summed E-state index contributed by atoms with van der Waals surface area (Å²) in [4.78, 5) is 16.8.